The Morgan fingerprint density at radius 3 is 1.25 bits per heavy atom. The van der Waals surface area contributed by atoms with Gasteiger partial charge >= 0.3 is 11.9 Å². The molecule has 0 aromatic rings. The Hall–Kier alpha value is -0.560. The van der Waals surface area contributed by atoms with Crippen molar-refractivity contribution in [2.24, 2.45) is 11.8 Å². The van der Waals surface area contributed by atoms with Crippen molar-refractivity contribution in [1.29, 1.82) is 0 Å². The SMILES string of the molecule is C[C@@H]1NCC[C@H]1C(=O)O.C[C@H]1NCC[C@@H]1C(=O)O.Cl.Cl. The molecule has 20 heavy (non-hydrogen) atoms. The van der Waals surface area contributed by atoms with Crippen LogP contribution < -0.4 is 10.6 Å². The lowest BCUT2D eigenvalue weighted by Crippen LogP contribution is -2.27. The number of hydrogen-bond donors (Lipinski definition) is 4. The van der Waals surface area contributed by atoms with E-state index in [4.69, 9.17) is 10.2 Å². The van der Waals surface area contributed by atoms with Gasteiger partial charge in [-0.2, -0.15) is 0 Å². The minimum Gasteiger partial charge on any atom is -0.481 e. The zero-order valence-electron chi connectivity index (χ0n) is 11.7. The lowest BCUT2D eigenvalue weighted by atomic mass is 10.0. The molecule has 2 rings (SSSR count). The summed E-state index contributed by atoms with van der Waals surface area (Å²) in [6, 6.07) is 0.310. The molecule has 0 unspecified atom stereocenters. The van der Waals surface area contributed by atoms with E-state index >= 15 is 0 Å². The maximum Gasteiger partial charge on any atom is 0.308 e. The largest absolute Gasteiger partial charge is 0.481 e. The maximum absolute atomic E-state index is 10.4. The number of carboxylic acids is 2. The van der Waals surface area contributed by atoms with Gasteiger partial charge in [-0.25, -0.2) is 0 Å². The Balaban J connectivity index is 0. The lowest BCUT2D eigenvalue weighted by Gasteiger charge is -2.07. The van der Waals surface area contributed by atoms with Crippen molar-refractivity contribution in [2.75, 3.05) is 13.1 Å². The highest BCUT2D eigenvalue weighted by Gasteiger charge is 2.29. The van der Waals surface area contributed by atoms with Crippen LogP contribution in [0.15, 0.2) is 0 Å². The predicted molar refractivity (Wildman–Crippen MR) is 80.9 cm³/mol. The van der Waals surface area contributed by atoms with Crippen molar-refractivity contribution in [3.8, 4) is 0 Å². The highest BCUT2D eigenvalue weighted by molar-refractivity contribution is 5.85. The quantitative estimate of drug-likeness (QED) is 0.602. The molecular weight excluding hydrogens is 307 g/mol. The topological polar surface area (TPSA) is 98.7 Å². The van der Waals surface area contributed by atoms with Gasteiger partial charge in [0.25, 0.3) is 0 Å². The van der Waals surface area contributed by atoms with Gasteiger partial charge in [0.2, 0.25) is 0 Å². The van der Waals surface area contributed by atoms with E-state index in [9.17, 15) is 9.59 Å². The normalized spacial score (nSPS) is 31.3. The van der Waals surface area contributed by atoms with Gasteiger partial charge in [0.1, 0.15) is 0 Å². The number of hydrogen-bond acceptors (Lipinski definition) is 4. The van der Waals surface area contributed by atoms with E-state index in [-0.39, 0.29) is 48.7 Å². The van der Waals surface area contributed by atoms with E-state index in [0.717, 1.165) is 25.9 Å². The number of carbonyl (C=O) groups is 2. The van der Waals surface area contributed by atoms with Gasteiger partial charge in [-0.3, -0.25) is 9.59 Å². The zero-order chi connectivity index (χ0) is 13.7. The van der Waals surface area contributed by atoms with E-state index in [0.29, 0.717) is 0 Å². The third-order valence-electron chi connectivity index (χ3n) is 3.68. The van der Waals surface area contributed by atoms with Crippen LogP contribution in [0.2, 0.25) is 0 Å². The van der Waals surface area contributed by atoms with Crippen molar-refractivity contribution < 1.29 is 19.8 Å². The molecule has 4 N–H and O–H groups in total. The smallest absolute Gasteiger partial charge is 0.308 e. The van der Waals surface area contributed by atoms with Crippen molar-refractivity contribution in [3.05, 3.63) is 0 Å². The molecule has 4 atom stereocenters. The Bertz CT molecular complexity index is 288. The minimum absolute atomic E-state index is 0. The van der Waals surface area contributed by atoms with Gasteiger partial charge in [0.05, 0.1) is 11.8 Å². The molecule has 0 saturated carbocycles. The summed E-state index contributed by atoms with van der Waals surface area (Å²) >= 11 is 0. The Labute approximate surface area is 131 Å². The first-order valence-corrected chi connectivity index (χ1v) is 6.36. The molecule has 0 radical (unpaired) electrons. The third-order valence-corrected chi connectivity index (χ3v) is 3.68. The van der Waals surface area contributed by atoms with Crippen molar-refractivity contribution in [3.63, 3.8) is 0 Å². The standard InChI is InChI=1S/2C6H11NO2.2ClH/c2*1-4-5(6(8)9)2-3-7-4;;/h2*4-5,7H,2-3H2,1H3,(H,8,9);2*1H/t2*4-,5+;;/m10../s1. The molecule has 0 aromatic heterocycles. The van der Waals surface area contributed by atoms with Crippen LogP contribution in [0.1, 0.15) is 26.7 Å². The molecule has 2 saturated heterocycles. The average molecular weight is 331 g/mol. The molecule has 0 spiro atoms. The van der Waals surface area contributed by atoms with Gasteiger partial charge in [-0.05, 0) is 39.8 Å². The summed E-state index contributed by atoms with van der Waals surface area (Å²) in [6.45, 7) is 5.51. The fraction of sp³-hybridized carbons (Fsp3) is 0.833. The highest BCUT2D eigenvalue weighted by atomic mass is 35.5. The summed E-state index contributed by atoms with van der Waals surface area (Å²) < 4.78 is 0. The second-order valence-electron chi connectivity index (χ2n) is 4.95. The fourth-order valence-electron chi connectivity index (χ4n) is 2.39. The van der Waals surface area contributed by atoms with Gasteiger partial charge in [0.15, 0.2) is 0 Å². The van der Waals surface area contributed by atoms with Gasteiger partial charge in [-0.1, -0.05) is 0 Å². The molecule has 8 heteroatoms. The van der Waals surface area contributed by atoms with Crippen molar-refractivity contribution in [1.82, 2.24) is 10.6 Å². The Kier molecular flexibility index (Phi) is 11.1. The molecular formula is C12H24Cl2N2O4. The second kappa shape index (κ2) is 10.2. The number of rotatable bonds is 2. The third kappa shape index (κ3) is 6.26. The first kappa shape index (κ1) is 21.7. The molecule has 120 valence electrons. The van der Waals surface area contributed by atoms with E-state index in [1.807, 2.05) is 13.8 Å². The predicted octanol–water partition coefficient (Wildman–Crippen LogP) is 0.982. The zero-order valence-corrected chi connectivity index (χ0v) is 13.3. The summed E-state index contributed by atoms with van der Waals surface area (Å²) in [5, 5.41) is 23.2. The lowest BCUT2D eigenvalue weighted by molar-refractivity contribution is -0.142. The first-order valence-electron chi connectivity index (χ1n) is 6.36. The van der Waals surface area contributed by atoms with Crippen molar-refractivity contribution >= 4 is 36.8 Å². The molecule has 2 aliphatic rings. The molecule has 2 heterocycles. The van der Waals surface area contributed by atoms with E-state index in [1.54, 1.807) is 0 Å². The molecule has 0 amide bonds. The molecule has 2 aliphatic heterocycles. The second-order valence-corrected chi connectivity index (χ2v) is 4.95. The fourth-order valence-corrected chi connectivity index (χ4v) is 2.39. The summed E-state index contributed by atoms with van der Waals surface area (Å²) in [7, 11) is 0. The van der Waals surface area contributed by atoms with E-state index in [1.165, 1.54) is 0 Å². The van der Waals surface area contributed by atoms with Gasteiger partial charge < -0.3 is 20.8 Å². The summed E-state index contributed by atoms with van der Waals surface area (Å²) in [4.78, 5) is 20.7. The molecule has 6 nitrogen and oxygen atoms in total. The molecule has 0 aromatic carbocycles. The number of carboxylic acid groups (broad SMARTS) is 2. The van der Waals surface area contributed by atoms with Crippen molar-refractivity contribution in [2.45, 2.75) is 38.8 Å². The van der Waals surface area contributed by atoms with E-state index < -0.39 is 11.9 Å². The van der Waals surface area contributed by atoms with Crippen LogP contribution >= 0.6 is 24.8 Å². The molecule has 0 bridgehead atoms. The maximum atomic E-state index is 10.4. The summed E-state index contributed by atoms with van der Waals surface area (Å²) in [5.74, 6) is -1.67. The van der Waals surface area contributed by atoms with E-state index in [2.05, 4.69) is 10.6 Å². The van der Waals surface area contributed by atoms with Gasteiger partial charge in [0, 0.05) is 12.1 Å². The Morgan fingerprint density at radius 1 is 0.850 bits per heavy atom. The monoisotopic (exact) mass is 330 g/mol. The van der Waals surface area contributed by atoms with Crippen LogP contribution in [-0.4, -0.2) is 47.3 Å². The molecule has 2 fully saturated rings. The number of nitrogens with one attached hydrogen (secondary N) is 2. The van der Waals surface area contributed by atoms with Crippen LogP contribution in [-0.2, 0) is 9.59 Å². The minimum atomic E-state index is -0.674. The van der Waals surface area contributed by atoms with Crippen LogP contribution in [0.3, 0.4) is 0 Å². The number of halogens is 2. The van der Waals surface area contributed by atoms with Crippen LogP contribution in [0.4, 0.5) is 0 Å². The molecule has 0 aliphatic carbocycles. The summed E-state index contributed by atoms with van der Waals surface area (Å²) in [6.07, 6.45) is 1.55. The first-order chi connectivity index (χ1) is 8.43. The van der Waals surface area contributed by atoms with Gasteiger partial charge in [-0.15, -0.1) is 24.8 Å². The summed E-state index contributed by atoms with van der Waals surface area (Å²) in [5.41, 5.74) is 0. The van der Waals surface area contributed by atoms with Crippen LogP contribution in [0, 0.1) is 11.8 Å². The van der Waals surface area contributed by atoms with Crippen LogP contribution in [0.5, 0.6) is 0 Å². The average Bonchev–Trinajstić information content (AvgIpc) is 2.87. The van der Waals surface area contributed by atoms with Crippen LogP contribution in [0.25, 0.3) is 0 Å². The Morgan fingerprint density at radius 2 is 1.15 bits per heavy atom. The highest BCUT2D eigenvalue weighted by Crippen LogP contribution is 2.14. The number of aliphatic carboxylic acids is 2.